The van der Waals surface area contributed by atoms with E-state index < -0.39 is 6.09 Å². The van der Waals surface area contributed by atoms with Crippen LogP contribution in [0.5, 0.6) is 0 Å². The number of methoxy groups -OCH3 is 1. The largest absolute Gasteiger partial charge is 0.452 e. The van der Waals surface area contributed by atoms with E-state index >= 15 is 0 Å². The van der Waals surface area contributed by atoms with Crippen LogP contribution in [0.2, 0.25) is 0 Å². The van der Waals surface area contributed by atoms with Gasteiger partial charge in [-0.15, -0.1) is 0 Å². The average Bonchev–Trinajstić information content (AvgIpc) is 2.29. The lowest BCUT2D eigenvalue weighted by Gasteiger charge is -2.12. The molecule has 92 valence electrons. The molecule has 1 aromatic carbocycles. The summed E-state index contributed by atoms with van der Waals surface area (Å²) in [6.45, 7) is 4.00. The molecule has 0 spiro atoms. The Kier molecular flexibility index (Phi) is 4.71. The molecule has 0 aliphatic carbocycles. The summed E-state index contributed by atoms with van der Waals surface area (Å²) in [5.74, 6) is 0. The third-order valence-electron chi connectivity index (χ3n) is 2.09. The number of thiocarbonyl (C=S) groups is 1. The summed E-state index contributed by atoms with van der Waals surface area (Å²) in [5.41, 5.74) is 7.93. The SMILES string of the molecule is COC(=O)NNC(=S)Nc1ccc(C)cc1C. The molecule has 0 unspecified atom stereocenters. The van der Waals surface area contributed by atoms with Gasteiger partial charge >= 0.3 is 6.09 Å². The molecule has 6 heteroatoms. The molecular weight excluding hydrogens is 238 g/mol. The summed E-state index contributed by atoms with van der Waals surface area (Å²) < 4.78 is 4.39. The highest BCUT2D eigenvalue weighted by Crippen LogP contribution is 2.15. The van der Waals surface area contributed by atoms with E-state index in [-0.39, 0.29) is 0 Å². The number of carbonyl (C=O) groups is 1. The van der Waals surface area contributed by atoms with Crippen molar-refractivity contribution in [2.45, 2.75) is 13.8 Å². The number of aryl methyl sites for hydroxylation is 2. The Hall–Kier alpha value is -1.82. The molecule has 17 heavy (non-hydrogen) atoms. The molecule has 5 nitrogen and oxygen atoms in total. The van der Waals surface area contributed by atoms with Crippen LogP contribution in [0.1, 0.15) is 11.1 Å². The number of anilines is 1. The molecule has 0 aliphatic rings. The lowest BCUT2D eigenvalue weighted by Crippen LogP contribution is -2.43. The van der Waals surface area contributed by atoms with Gasteiger partial charge in [0.25, 0.3) is 0 Å². The molecule has 0 atom stereocenters. The second-order valence-corrected chi connectivity index (χ2v) is 3.92. The standard InChI is InChI=1S/C11H15N3O2S/c1-7-4-5-9(8(2)6-7)12-10(17)13-14-11(15)16-3/h4-6H,1-3H3,(H,14,15)(H2,12,13,17). The van der Waals surface area contributed by atoms with Crippen molar-refractivity contribution in [3.63, 3.8) is 0 Å². The summed E-state index contributed by atoms with van der Waals surface area (Å²) in [5, 5.41) is 3.26. The first-order valence-electron chi connectivity index (χ1n) is 5.01. The maximum atomic E-state index is 10.8. The second kappa shape index (κ2) is 6.05. The molecule has 1 amide bonds. The second-order valence-electron chi connectivity index (χ2n) is 3.51. The van der Waals surface area contributed by atoms with Gasteiger partial charge in [0.1, 0.15) is 0 Å². The Morgan fingerprint density at radius 1 is 1.29 bits per heavy atom. The van der Waals surface area contributed by atoms with Crippen LogP contribution in [-0.4, -0.2) is 18.3 Å². The maximum absolute atomic E-state index is 10.8. The topological polar surface area (TPSA) is 62.4 Å². The van der Waals surface area contributed by atoms with Gasteiger partial charge in [0, 0.05) is 5.69 Å². The predicted octanol–water partition coefficient (Wildman–Crippen LogP) is 1.86. The van der Waals surface area contributed by atoms with Gasteiger partial charge in [0.15, 0.2) is 5.11 Å². The van der Waals surface area contributed by atoms with Crippen molar-refractivity contribution >= 4 is 29.1 Å². The van der Waals surface area contributed by atoms with Gasteiger partial charge < -0.3 is 10.1 Å². The summed E-state index contributed by atoms with van der Waals surface area (Å²) >= 11 is 5.00. The summed E-state index contributed by atoms with van der Waals surface area (Å²) in [6, 6.07) is 5.95. The van der Waals surface area contributed by atoms with Crippen LogP contribution >= 0.6 is 12.2 Å². The van der Waals surface area contributed by atoms with Crippen molar-refractivity contribution in [2.75, 3.05) is 12.4 Å². The van der Waals surface area contributed by atoms with E-state index in [4.69, 9.17) is 12.2 Å². The number of hydrazine groups is 1. The summed E-state index contributed by atoms with van der Waals surface area (Å²) in [4.78, 5) is 10.8. The molecule has 0 fully saturated rings. The van der Waals surface area contributed by atoms with E-state index in [1.807, 2.05) is 32.0 Å². The first-order chi connectivity index (χ1) is 8.02. The third-order valence-corrected chi connectivity index (χ3v) is 2.30. The number of hydrogen-bond acceptors (Lipinski definition) is 3. The molecule has 0 bridgehead atoms. The molecule has 0 saturated carbocycles. The first-order valence-corrected chi connectivity index (χ1v) is 5.42. The minimum absolute atomic E-state index is 0.294. The highest BCUT2D eigenvalue weighted by molar-refractivity contribution is 7.80. The Morgan fingerprint density at radius 2 is 2.00 bits per heavy atom. The fraction of sp³-hybridized carbons (Fsp3) is 0.273. The van der Waals surface area contributed by atoms with E-state index in [1.54, 1.807) is 0 Å². The van der Waals surface area contributed by atoms with Crippen LogP contribution in [0, 0.1) is 13.8 Å². The number of amides is 1. The number of carbonyl (C=O) groups excluding carboxylic acids is 1. The van der Waals surface area contributed by atoms with Crippen molar-refractivity contribution in [1.82, 2.24) is 10.9 Å². The fourth-order valence-corrected chi connectivity index (χ4v) is 1.43. The highest BCUT2D eigenvalue weighted by atomic mass is 32.1. The monoisotopic (exact) mass is 253 g/mol. The smallest absolute Gasteiger partial charge is 0.425 e. The molecule has 1 aromatic rings. The summed E-state index contributed by atoms with van der Waals surface area (Å²) in [7, 11) is 1.28. The Balaban J connectivity index is 2.53. The zero-order valence-electron chi connectivity index (χ0n) is 9.96. The van der Waals surface area contributed by atoms with Crippen LogP contribution in [0.15, 0.2) is 18.2 Å². The lowest BCUT2D eigenvalue weighted by molar-refractivity contribution is 0.169. The van der Waals surface area contributed by atoms with Crippen molar-refractivity contribution in [1.29, 1.82) is 0 Å². The van der Waals surface area contributed by atoms with Crippen LogP contribution < -0.4 is 16.2 Å². The van der Waals surface area contributed by atoms with Gasteiger partial charge in [-0.2, -0.15) is 0 Å². The molecule has 1 rings (SSSR count). The van der Waals surface area contributed by atoms with Gasteiger partial charge in [-0.05, 0) is 37.7 Å². The van der Waals surface area contributed by atoms with Crippen molar-refractivity contribution in [2.24, 2.45) is 0 Å². The van der Waals surface area contributed by atoms with Crippen molar-refractivity contribution < 1.29 is 9.53 Å². The van der Waals surface area contributed by atoms with Gasteiger partial charge in [-0.3, -0.25) is 5.43 Å². The fourth-order valence-electron chi connectivity index (χ4n) is 1.27. The number of benzene rings is 1. The van der Waals surface area contributed by atoms with Crippen LogP contribution in [0.4, 0.5) is 10.5 Å². The number of nitrogens with one attached hydrogen (secondary N) is 3. The number of rotatable bonds is 1. The molecule has 0 radical (unpaired) electrons. The molecule has 3 N–H and O–H groups in total. The number of ether oxygens (including phenoxy) is 1. The predicted molar refractivity (Wildman–Crippen MR) is 70.8 cm³/mol. The van der Waals surface area contributed by atoms with Crippen LogP contribution in [0.3, 0.4) is 0 Å². The van der Waals surface area contributed by atoms with E-state index in [0.29, 0.717) is 5.11 Å². The lowest BCUT2D eigenvalue weighted by atomic mass is 10.1. The zero-order chi connectivity index (χ0) is 12.8. The minimum atomic E-state index is -0.602. The quantitative estimate of drug-likeness (QED) is 0.527. The molecular formula is C11H15N3O2S. The molecule has 0 heterocycles. The number of hydrogen-bond donors (Lipinski definition) is 3. The maximum Gasteiger partial charge on any atom is 0.425 e. The Labute approximate surface area is 106 Å². The van der Waals surface area contributed by atoms with E-state index in [2.05, 4.69) is 20.9 Å². The van der Waals surface area contributed by atoms with Gasteiger partial charge in [-0.1, -0.05) is 17.7 Å². The van der Waals surface area contributed by atoms with E-state index in [0.717, 1.165) is 11.3 Å². The van der Waals surface area contributed by atoms with Gasteiger partial charge in [-0.25, -0.2) is 10.2 Å². The Bertz CT molecular complexity index is 435. The van der Waals surface area contributed by atoms with Crippen LogP contribution in [-0.2, 0) is 4.74 Å². The average molecular weight is 253 g/mol. The normalized spacial score (nSPS) is 9.35. The zero-order valence-corrected chi connectivity index (χ0v) is 10.8. The third kappa shape index (κ3) is 4.28. The van der Waals surface area contributed by atoms with Crippen molar-refractivity contribution in [3.05, 3.63) is 29.3 Å². The van der Waals surface area contributed by atoms with Crippen molar-refractivity contribution in [3.8, 4) is 0 Å². The van der Waals surface area contributed by atoms with E-state index in [1.165, 1.54) is 12.7 Å². The van der Waals surface area contributed by atoms with Gasteiger partial charge in [0.05, 0.1) is 7.11 Å². The summed E-state index contributed by atoms with van der Waals surface area (Å²) in [6.07, 6.45) is -0.602. The molecule has 0 aliphatic heterocycles. The Morgan fingerprint density at radius 3 is 2.59 bits per heavy atom. The van der Waals surface area contributed by atoms with E-state index in [9.17, 15) is 4.79 Å². The first kappa shape index (κ1) is 13.2. The highest BCUT2D eigenvalue weighted by Gasteiger charge is 2.02. The van der Waals surface area contributed by atoms with Gasteiger partial charge in [0.2, 0.25) is 0 Å². The van der Waals surface area contributed by atoms with Crippen LogP contribution in [0.25, 0.3) is 0 Å². The minimum Gasteiger partial charge on any atom is -0.452 e. The molecule has 0 saturated heterocycles. The molecule has 0 aromatic heterocycles.